The van der Waals surface area contributed by atoms with Gasteiger partial charge in [0.15, 0.2) is 4.90 Å². The lowest BCUT2D eigenvalue weighted by atomic mass is 10.0. The largest absolute Gasteiger partial charge is 0.463 e. The van der Waals surface area contributed by atoms with E-state index in [4.69, 9.17) is 9.47 Å². The van der Waals surface area contributed by atoms with Gasteiger partial charge in [-0.3, -0.25) is 0 Å². The predicted octanol–water partition coefficient (Wildman–Crippen LogP) is 3.08. The van der Waals surface area contributed by atoms with Crippen LogP contribution < -0.4 is 0 Å². The molecule has 2 aliphatic heterocycles. The lowest BCUT2D eigenvalue weighted by Gasteiger charge is -2.12. The van der Waals surface area contributed by atoms with Crippen molar-refractivity contribution in [1.29, 1.82) is 0 Å². The van der Waals surface area contributed by atoms with Crippen LogP contribution in [0.5, 0.6) is 0 Å². The normalized spacial score (nSPS) is 21.2. The fraction of sp³-hybridized carbons (Fsp3) is 0.368. The van der Waals surface area contributed by atoms with Gasteiger partial charge < -0.3 is 9.47 Å². The molecule has 1 unspecified atom stereocenters. The van der Waals surface area contributed by atoms with Crippen molar-refractivity contribution in [3.05, 3.63) is 42.0 Å². The number of ether oxygens (including phenoxy) is 2. The van der Waals surface area contributed by atoms with Crippen LogP contribution in [0.4, 0.5) is 0 Å². The van der Waals surface area contributed by atoms with Crippen LogP contribution in [0.15, 0.2) is 41.3 Å². The summed E-state index contributed by atoms with van der Waals surface area (Å²) in [5, 5.41) is 2.04. The van der Waals surface area contributed by atoms with Crippen molar-refractivity contribution in [1.82, 2.24) is 0 Å². The maximum absolute atomic E-state index is 12.6. The first-order valence-electron chi connectivity index (χ1n) is 8.31. The Morgan fingerprint density at radius 2 is 1.83 bits per heavy atom. The van der Waals surface area contributed by atoms with Crippen molar-refractivity contribution in [2.24, 2.45) is 0 Å². The van der Waals surface area contributed by atoms with Crippen LogP contribution in [-0.2, 0) is 25.2 Å². The smallest absolute Gasteiger partial charge is 0.347 e. The van der Waals surface area contributed by atoms with Crippen molar-refractivity contribution in [2.75, 3.05) is 18.1 Å². The summed E-state index contributed by atoms with van der Waals surface area (Å²) in [6, 6.07) is 11.9. The number of benzene rings is 2. The highest BCUT2D eigenvalue weighted by Gasteiger charge is 2.32. The third-order valence-corrected chi connectivity index (χ3v) is 7.12. The van der Waals surface area contributed by atoms with Crippen LogP contribution in [0.1, 0.15) is 29.6 Å². The Morgan fingerprint density at radius 1 is 1.08 bits per heavy atom. The monoisotopic (exact) mass is 343 g/mol. The number of carbonyl (C=O) groups is 2. The number of carbonyl (C=O) groups excluding carboxylic acids is 2. The molecule has 2 heterocycles. The molecule has 24 heavy (non-hydrogen) atoms. The Hall–Kier alpha value is -2.01. The molecule has 0 N–H and O–H groups in total. The molecule has 0 radical (unpaired) electrons. The van der Waals surface area contributed by atoms with E-state index in [1.807, 2.05) is 24.3 Å². The van der Waals surface area contributed by atoms with Crippen LogP contribution in [-0.4, -0.2) is 36.2 Å². The average molecular weight is 343 g/mol. The van der Waals surface area contributed by atoms with Gasteiger partial charge in [-0.1, -0.05) is 18.2 Å². The summed E-state index contributed by atoms with van der Waals surface area (Å²) in [6.45, 7) is 0.319. The van der Waals surface area contributed by atoms with Crippen LogP contribution in [0, 0.1) is 0 Å². The molecule has 2 fully saturated rings. The zero-order chi connectivity index (χ0) is 16.5. The second-order valence-corrected chi connectivity index (χ2v) is 8.36. The lowest BCUT2D eigenvalue weighted by molar-refractivity contribution is -0.145. The molecule has 2 aliphatic rings. The van der Waals surface area contributed by atoms with Crippen molar-refractivity contribution in [3.8, 4) is 0 Å². The minimum Gasteiger partial charge on any atom is -0.463 e. The summed E-state index contributed by atoms with van der Waals surface area (Å²) in [7, 11) is 0.277. The second-order valence-electron chi connectivity index (χ2n) is 6.12. The van der Waals surface area contributed by atoms with Gasteiger partial charge in [-0.05, 0) is 31.0 Å². The SMILES string of the molecule is O=C(OC1CCOC1=O)c1ccc([S+]2CCCC2)c2ccccc12. The molecule has 124 valence electrons. The maximum atomic E-state index is 12.6. The predicted molar refractivity (Wildman–Crippen MR) is 93.3 cm³/mol. The molecule has 2 saturated heterocycles. The fourth-order valence-corrected chi connectivity index (χ4v) is 5.85. The quantitative estimate of drug-likeness (QED) is 0.635. The van der Waals surface area contributed by atoms with E-state index in [0.29, 0.717) is 18.6 Å². The first-order chi connectivity index (χ1) is 11.7. The van der Waals surface area contributed by atoms with Gasteiger partial charge in [0.25, 0.3) is 0 Å². The number of hydrogen-bond donors (Lipinski definition) is 0. The van der Waals surface area contributed by atoms with Crippen molar-refractivity contribution < 1.29 is 19.1 Å². The van der Waals surface area contributed by atoms with Gasteiger partial charge in [0.05, 0.1) is 12.2 Å². The van der Waals surface area contributed by atoms with E-state index in [1.165, 1.54) is 29.2 Å². The zero-order valence-corrected chi connectivity index (χ0v) is 14.1. The van der Waals surface area contributed by atoms with E-state index in [0.717, 1.165) is 10.8 Å². The van der Waals surface area contributed by atoms with Crippen LogP contribution >= 0.6 is 0 Å². The van der Waals surface area contributed by atoms with Gasteiger partial charge in [-0.15, -0.1) is 0 Å². The Kier molecular flexibility index (Phi) is 4.19. The Bertz CT molecular complexity index is 795. The Balaban J connectivity index is 1.69. The first kappa shape index (κ1) is 15.5. The standard InChI is InChI=1S/C19H19O4S/c20-18(23-16-9-10-22-19(16)21)15-7-8-17(24-11-3-4-12-24)14-6-2-1-5-13(14)15/h1-2,5-8,16H,3-4,9-12H2/q+1. The van der Waals surface area contributed by atoms with Crippen molar-refractivity contribution in [3.63, 3.8) is 0 Å². The Labute approximate surface area is 143 Å². The minimum atomic E-state index is -0.771. The van der Waals surface area contributed by atoms with Crippen LogP contribution in [0.25, 0.3) is 10.8 Å². The number of fused-ring (bicyclic) bond motifs is 1. The Morgan fingerprint density at radius 3 is 2.54 bits per heavy atom. The number of cyclic esters (lactones) is 1. The van der Waals surface area contributed by atoms with Crippen LogP contribution in [0.3, 0.4) is 0 Å². The molecule has 5 heteroatoms. The third kappa shape index (κ3) is 2.77. The van der Waals surface area contributed by atoms with E-state index < -0.39 is 18.0 Å². The van der Waals surface area contributed by atoms with Gasteiger partial charge >= 0.3 is 11.9 Å². The average Bonchev–Trinajstić information content (AvgIpc) is 3.26. The first-order valence-corrected chi connectivity index (χ1v) is 9.87. The highest BCUT2D eigenvalue weighted by molar-refractivity contribution is 7.97. The summed E-state index contributed by atoms with van der Waals surface area (Å²) in [6.07, 6.45) is 2.23. The molecule has 0 saturated carbocycles. The van der Waals surface area contributed by atoms with E-state index in [-0.39, 0.29) is 10.9 Å². The second kappa shape index (κ2) is 6.48. The van der Waals surface area contributed by atoms with Gasteiger partial charge in [0, 0.05) is 28.1 Å². The molecule has 1 atom stereocenters. The lowest BCUT2D eigenvalue weighted by Crippen LogP contribution is -2.23. The highest BCUT2D eigenvalue weighted by atomic mass is 32.2. The topological polar surface area (TPSA) is 52.6 Å². The molecule has 2 aromatic rings. The molecule has 2 aromatic carbocycles. The van der Waals surface area contributed by atoms with Gasteiger partial charge in [0.1, 0.15) is 11.5 Å². The number of hydrogen-bond acceptors (Lipinski definition) is 4. The van der Waals surface area contributed by atoms with Crippen LogP contribution in [0.2, 0.25) is 0 Å². The summed E-state index contributed by atoms with van der Waals surface area (Å²) in [4.78, 5) is 25.4. The molecule has 4 rings (SSSR count). The highest BCUT2D eigenvalue weighted by Crippen LogP contribution is 2.32. The summed E-state index contributed by atoms with van der Waals surface area (Å²) in [5.41, 5.74) is 0.525. The van der Waals surface area contributed by atoms with Gasteiger partial charge in [-0.2, -0.15) is 0 Å². The maximum Gasteiger partial charge on any atom is 0.347 e. The zero-order valence-electron chi connectivity index (χ0n) is 13.3. The number of esters is 2. The summed E-state index contributed by atoms with van der Waals surface area (Å²) < 4.78 is 10.2. The fourth-order valence-electron chi connectivity index (χ4n) is 3.35. The number of rotatable bonds is 3. The molecular weight excluding hydrogens is 324 g/mol. The van der Waals surface area contributed by atoms with E-state index in [2.05, 4.69) is 12.1 Å². The van der Waals surface area contributed by atoms with Gasteiger partial charge in [0.2, 0.25) is 6.10 Å². The van der Waals surface area contributed by atoms with Crippen molar-refractivity contribution >= 4 is 33.6 Å². The molecule has 0 aromatic heterocycles. The van der Waals surface area contributed by atoms with Crippen molar-refractivity contribution in [2.45, 2.75) is 30.3 Å². The molecule has 4 nitrogen and oxygen atoms in total. The minimum absolute atomic E-state index is 0.277. The molecule has 0 spiro atoms. The summed E-state index contributed by atoms with van der Waals surface area (Å²) >= 11 is 0. The van der Waals surface area contributed by atoms with E-state index in [1.54, 1.807) is 0 Å². The molecule has 0 bridgehead atoms. The molecule has 0 amide bonds. The van der Waals surface area contributed by atoms with E-state index >= 15 is 0 Å². The van der Waals surface area contributed by atoms with E-state index in [9.17, 15) is 9.59 Å². The third-order valence-electron chi connectivity index (χ3n) is 4.58. The summed E-state index contributed by atoms with van der Waals surface area (Å²) in [5.74, 6) is 1.58. The molecular formula is C19H19O4S+. The molecule has 0 aliphatic carbocycles. The van der Waals surface area contributed by atoms with Gasteiger partial charge in [-0.25, -0.2) is 9.59 Å².